The smallest absolute Gasteiger partial charge is 0.148 e. The number of rotatable bonds is 4. The van der Waals surface area contributed by atoms with Crippen LogP contribution in [0.3, 0.4) is 0 Å². The van der Waals surface area contributed by atoms with Crippen LogP contribution in [0.1, 0.15) is 29.8 Å². The Kier molecular flexibility index (Phi) is 3.90. The first-order chi connectivity index (χ1) is 8.01. The van der Waals surface area contributed by atoms with E-state index in [4.69, 9.17) is 0 Å². The molecule has 5 heteroatoms. The molecular weight excluding hydrogens is 254 g/mol. The summed E-state index contributed by atoms with van der Waals surface area (Å²) in [6.45, 7) is 3.82. The molecule has 1 aliphatic heterocycles. The van der Waals surface area contributed by atoms with E-state index in [2.05, 4.69) is 23.3 Å². The molecule has 0 bridgehead atoms. The molecule has 0 aromatic carbocycles. The predicted octanol–water partition coefficient (Wildman–Crippen LogP) is 2.10. The minimum absolute atomic E-state index is 0.267. The van der Waals surface area contributed by atoms with Crippen molar-refractivity contribution in [3.05, 3.63) is 21.9 Å². The topological polar surface area (TPSA) is 37.4 Å². The van der Waals surface area contributed by atoms with Gasteiger partial charge in [0.25, 0.3) is 0 Å². The van der Waals surface area contributed by atoms with Gasteiger partial charge in [-0.2, -0.15) is 0 Å². The number of thiophene rings is 1. The van der Waals surface area contributed by atoms with Crippen molar-refractivity contribution in [1.82, 2.24) is 4.90 Å². The molecule has 0 aliphatic carbocycles. The second kappa shape index (κ2) is 5.08. The highest BCUT2D eigenvalue weighted by Gasteiger charge is 2.26. The molecule has 1 aromatic rings. The lowest BCUT2D eigenvalue weighted by molar-refractivity contribution is 0.193. The van der Waals surface area contributed by atoms with Crippen molar-refractivity contribution in [2.24, 2.45) is 0 Å². The van der Waals surface area contributed by atoms with Crippen LogP contribution in [-0.4, -0.2) is 38.4 Å². The molecule has 0 fully saturated rings. The van der Waals surface area contributed by atoms with Crippen LogP contribution in [0.25, 0.3) is 0 Å². The molecule has 0 saturated carbocycles. The van der Waals surface area contributed by atoms with E-state index < -0.39 is 9.84 Å². The fraction of sp³-hybridized carbons (Fsp3) is 0.667. The highest BCUT2D eigenvalue weighted by Crippen LogP contribution is 2.34. The normalized spacial score (nSPS) is 21.4. The van der Waals surface area contributed by atoms with Gasteiger partial charge >= 0.3 is 0 Å². The molecule has 96 valence electrons. The van der Waals surface area contributed by atoms with Gasteiger partial charge in [-0.1, -0.05) is 6.92 Å². The van der Waals surface area contributed by atoms with Crippen LogP contribution in [-0.2, 0) is 16.3 Å². The lowest BCUT2D eigenvalue weighted by Crippen LogP contribution is -2.37. The molecule has 0 N–H and O–H groups in total. The van der Waals surface area contributed by atoms with E-state index in [1.165, 1.54) is 16.7 Å². The molecule has 1 aromatic heterocycles. The van der Waals surface area contributed by atoms with E-state index >= 15 is 0 Å². The summed E-state index contributed by atoms with van der Waals surface area (Å²) in [7, 11) is -2.86. The van der Waals surface area contributed by atoms with Crippen molar-refractivity contribution >= 4 is 21.2 Å². The number of hydrogen-bond acceptors (Lipinski definition) is 4. The van der Waals surface area contributed by atoms with E-state index in [1.807, 2.05) is 11.3 Å². The molecule has 0 spiro atoms. The Labute approximate surface area is 107 Å². The lowest BCUT2D eigenvalue weighted by Gasteiger charge is -2.35. The minimum Gasteiger partial charge on any atom is -0.295 e. The van der Waals surface area contributed by atoms with Crippen LogP contribution in [0.15, 0.2) is 11.4 Å². The van der Waals surface area contributed by atoms with Crippen molar-refractivity contribution in [2.45, 2.75) is 25.8 Å². The van der Waals surface area contributed by atoms with Gasteiger partial charge in [0.1, 0.15) is 9.84 Å². The van der Waals surface area contributed by atoms with Gasteiger partial charge in [-0.05, 0) is 29.9 Å². The number of fused-ring (bicyclic) bond motifs is 1. The third-order valence-corrected chi connectivity index (χ3v) is 5.26. The van der Waals surface area contributed by atoms with E-state index in [1.54, 1.807) is 0 Å². The average Bonchev–Trinajstić information content (AvgIpc) is 2.72. The molecule has 1 atom stereocenters. The fourth-order valence-corrected chi connectivity index (χ4v) is 3.97. The van der Waals surface area contributed by atoms with Gasteiger partial charge in [0, 0.05) is 30.3 Å². The first-order valence-electron chi connectivity index (χ1n) is 5.99. The van der Waals surface area contributed by atoms with E-state index in [-0.39, 0.29) is 5.75 Å². The number of sulfone groups is 1. The summed E-state index contributed by atoms with van der Waals surface area (Å²) < 4.78 is 22.5. The summed E-state index contributed by atoms with van der Waals surface area (Å²) in [5.41, 5.74) is 1.41. The van der Waals surface area contributed by atoms with Gasteiger partial charge in [-0.25, -0.2) is 8.42 Å². The summed E-state index contributed by atoms with van der Waals surface area (Å²) in [5, 5.41) is 2.15. The zero-order valence-electron chi connectivity index (χ0n) is 10.3. The van der Waals surface area contributed by atoms with Gasteiger partial charge < -0.3 is 0 Å². The Morgan fingerprint density at radius 2 is 2.29 bits per heavy atom. The SMILES string of the molecule is CCC1c2ccsc2CCN1CCS(C)(=O)=O. The number of hydrogen-bond donors (Lipinski definition) is 0. The van der Waals surface area contributed by atoms with Crippen LogP contribution in [0.4, 0.5) is 0 Å². The Morgan fingerprint density at radius 1 is 1.53 bits per heavy atom. The Morgan fingerprint density at radius 3 is 2.94 bits per heavy atom. The summed E-state index contributed by atoms with van der Waals surface area (Å²) in [6.07, 6.45) is 3.43. The minimum atomic E-state index is -2.86. The summed E-state index contributed by atoms with van der Waals surface area (Å²) in [4.78, 5) is 3.79. The van der Waals surface area contributed by atoms with Crippen LogP contribution in [0, 0.1) is 0 Å². The Bertz CT molecular complexity index is 478. The van der Waals surface area contributed by atoms with Crippen LogP contribution in [0.5, 0.6) is 0 Å². The van der Waals surface area contributed by atoms with E-state index in [9.17, 15) is 8.42 Å². The molecule has 0 radical (unpaired) electrons. The molecule has 2 heterocycles. The first-order valence-corrected chi connectivity index (χ1v) is 8.93. The molecule has 17 heavy (non-hydrogen) atoms. The monoisotopic (exact) mass is 273 g/mol. The van der Waals surface area contributed by atoms with Gasteiger partial charge in [-0.15, -0.1) is 11.3 Å². The highest BCUT2D eigenvalue weighted by atomic mass is 32.2. The standard InChI is InChI=1S/C12H19NO2S2/c1-3-11-10-5-8-16-12(10)4-6-13(11)7-9-17(2,14)15/h5,8,11H,3-4,6-7,9H2,1-2H3. The number of nitrogens with zero attached hydrogens (tertiary/aromatic N) is 1. The third kappa shape index (κ3) is 3.09. The van der Waals surface area contributed by atoms with Crippen LogP contribution < -0.4 is 0 Å². The summed E-state index contributed by atoms with van der Waals surface area (Å²) >= 11 is 1.83. The maximum atomic E-state index is 11.2. The van der Waals surface area contributed by atoms with E-state index in [0.717, 1.165) is 19.4 Å². The Balaban J connectivity index is 2.10. The maximum absolute atomic E-state index is 11.2. The second-order valence-corrected chi connectivity index (χ2v) is 7.90. The largest absolute Gasteiger partial charge is 0.295 e. The zero-order valence-corrected chi connectivity index (χ0v) is 12.0. The van der Waals surface area contributed by atoms with Gasteiger partial charge in [0.15, 0.2) is 0 Å². The second-order valence-electron chi connectivity index (χ2n) is 4.64. The van der Waals surface area contributed by atoms with Crippen molar-refractivity contribution in [3.8, 4) is 0 Å². The highest BCUT2D eigenvalue weighted by molar-refractivity contribution is 7.90. The van der Waals surface area contributed by atoms with Crippen molar-refractivity contribution in [1.29, 1.82) is 0 Å². The van der Waals surface area contributed by atoms with Crippen molar-refractivity contribution < 1.29 is 8.42 Å². The van der Waals surface area contributed by atoms with Gasteiger partial charge in [0.05, 0.1) is 5.75 Å². The van der Waals surface area contributed by atoms with Crippen LogP contribution >= 0.6 is 11.3 Å². The molecule has 2 rings (SSSR count). The summed E-state index contributed by atoms with van der Waals surface area (Å²) in [6, 6.07) is 2.60. The molecule has 1 aliphatic rings. The van der Waals surface area contributed by atoms with Gasteiger partial charge in [0.2, 0.25) is 0 Å². The third-order valence-electron chi connectivity index (χ3n) is 3.34. The zero-order chi connectivity index (χ0) is 12.5. The molecule has 0 saturated heterocycles. The quantitative estimate of drug-likeness (QED) is 0.843. The molecule has 1 unspecified atom stereocenters. The lowest BCUT2D eigenvalue weighted by atomic mass is 9.98. The van der Waals surface area contributed by atoms with Gasteiger partial charge in [-0.3, -0.25) is 4.90 Å². The van der Waals surface area contributed by atoms with E-state index in [0.29, 0.717) is 12.6 Å². The van der Waals surface area contributed by atoms with Crippen molar-refractivity contribution in [2.75, 3.05) is 25.1 Å². The molecule has 3 nitrogen and oxygen atoms in total. The molecular formula is C12H19NO2S2. The predicted molar refractivity (Wildman–Crippen MR) is 72.3 cm³/mol. The Hall–Kier alpha value is -0.390. The average molecular weight is 273 g/mol. The molecule has 0 amide bonds. The summed E-state index contributed by atoms with van der Waals surface area (Å²) in [5.74, 6) is 0.267. The fourth-order valence-electron chi connectivity index (χ4n) is 2.48. The maximum Gasteiger partial charge on any atom is 0.148 e. The van der Waals surface area contributed by atoms with Crippen molar-refractivity contribution in [3.63, 3.8) is 0 Å². The van der Waals surface area contributed by atoms with Crippen LogP contribution in [0.2, 0.25) is 0 Å². The first kappa shape index (κ1) is 13.1.